The molecule has 0 atom stereocenters. The summed E-state index contributed by atoms with van der Waals surface area (Å²) in [5, 5.41) is 11.4. The van der Waals surface area contributed by atoms with Gasteiger partial charge in [-0.2, -0.15) is 5.26 Å². The van der Waals surface area contributed by atoms with Crippen molar-refractivity contribution < 1.29 is 4.79 Å². The van der Waals surface area contributed by atoms with Crippen molar-refractivity contribution in [1.82, 2.24) is 5.32 Å². The molecule has 4 nitrogen and oxygen atoms in total. The molecule has 0 spiro atoms. The zero-order valence-corrected chi connectivity index (χ0v) is 9.74. The molecular weight excluding hydrogens is 202 g/mol. The predicted octanol–water partition coefficient (Wildman–Crippen LogP) is 1.05. The average molecular weight is 217 g/mol. The van der Waals surface area contributed by atoms with Gasteiger partial charge in [-0.15, -0.1) is 0 Å². The number of hydrogen-bond acceptors (Lipinski definition) is 3. The predicted molar refractivity (Wildman–Crippen MR) is 63.2 cm³/mol. The summed E-state index contributed by atoms with van der Waals surface area (Å²) in [6.07, 6.45) is 0. The van der Waals surface area contributed by atoms with E-state index in [1.165, 1.54) is 0 Å². The lowest BCUT2D eigenvalue weighted by molar-refractivity contribution is -0.119. The molecule has 0 heterocycles. The highest BCUT2D eigenvalue weighted by molar-refractivity contribution is 5.81. The molecule has 0 aliphatic rings. The van der Waals surface area contributed by atoms with Crippen molar-refractivity contribution in [2.75, 3.05) is 25.5 Å². The Hall–Kier alpha value is -2.02. The number of nitriles is 1. The zero-order valence-electron chi connectivity index (χ0n) is 9.74. The highest BCUT2D eigenvalue weighted by Gasteiger charge is 2.07. The lowest BCUT2D eigenvalue weighted by atomic mass is 10.1. The van der Waals surface area contributed by atoms with Crippen LogP contribution < -0.4 is 10.2 Å². The number of carbonyl (C=O) groups excluding carboxylic acids is 1. The van der Waals surface area contributed by atoms with E-state index in [1.807, 2.05) is 31.0 Å². The Morgan fingerprint density at radius 1 is 1.56 bits per heavy atom. The number of benzene rings is 1. The van der Waals surface area contributed by atoms with Gasteiger partial charge >= 0.3 is 0 Å². The molecule has 1 aromatic carbocycles. The van der Waals surface area contributed by atoms with E-state index in [4.69, 9.17) is 5.26 Å². The van der Waals surface area contributed by atoms with Crippen LogP contribution in [0.15, 0.2) is 18.2 Å². The van der Waals surface area contributed by atoms with E-state index in [1.54, 1.807) is 13.1 Å². The first-order valence-corrected chi connectivity index (χ1v) is 5.01. The molecule has 0 aliphatic heterocycles. The smallest absolute Gasteiger partial charge is 0.239 e. The Morgan fingerprint density at radius 3 is 2.75 bits per heavy atom. The fourth-order valence-electron chi connectivity index (χ4n) is 1.40. The van der Waals surface area contributed by atoms with E-state index in [-0.39, 0.29) is 5.91 Å². The van der Waals surface area contributed by atoms with Crippen LogP contribution in [-0.4, -0.2) is 26.5 Å². The zero-order chi connectivity index (χ0) is 12.1. The Kier molecular flexibility index (Phi) is 3.90. The average Bonchev–Trinajstić information content (AvgIpc) is 2.28. The second-order valence-corrected chi connectivity index (χ2v) is 3.64. The van der Waals surface area contributed by atoms with Crippen LogP contribution in [0.2, 0.25) is 0 Å². The molecule has 0 saturated heterocycles. The first-order valence-electron chi connectivity index (χ1n) is 5.01. The fourth-order valence-corrected chi connectivity index (χ4v) is 1.40. The van der Waals surface area contributed by atoms with Crippen LogP contribution >= 0.6 is 0 Å². The maximum atomic E-state index is 11.2. The monoisotopic (exact) mass is 217 g/mol. The Morgan fingerprint density at radius 2 is 2.25 bits per heavy atom. The molecule has 1 N–H and O–H groups in total. The van der Waals surface area contributed by atoms with Gasteiger partial charge in [0.05, 0.1) is 18.2 Å². The summed E-state index contributed by atoms with van der Waals surface area (Å²) in [4.78, 5) is 13.0. The molecule has 16 heavy (non-hydrogen) atoms. The summed E-state index contributed by atoms with van der Waals surface area (Å²) >= 11 is 0. The normalized spacial score (nSPS) is 9.38. The third-order valence-corrected chi connectivity index (χ3v) is 2.43. The maximum absolute atomic E-state index is 11.2. The van der Waals surface area contributed by atoms with Crippen LogP contribution in [0.3, 0.4) is 0 Å². The molecule has 1 amide bonds. The topological polar surface area (TPSA) is 56.1 Å². The molecule has 1 aromatic rings. The van der Waals surface area contributed by atoms with Crippen molar-refractivity contribution >= 4 is 11.6 Å². The summed E-state index contributed by atoms with van der Waals surface area (Å²) in [5.41, 5.74) is 2.51. The van der Waals surface area contributed by atoms with Gasteiger partial charge in [0, 0.05) is 19.8 Å². The SMILES string of the molecule is CNC(=O)CN(C)c1ccc(C#N)c(C)c1. The van der Waals surface area contributed by atoms with Crippen LogP contribution in [0.25, 0.3) is 0 Å². The number of nitrogens with one attached hydrogen (secondary N) is 1. The number of hydrogen-bond donors (Lipinski definition) is 1. The minimum atomic E-state index is -0.0375. The minimum absolute atomic E-state index is 0.0375. The highest BCUT2D eigenvalue weighted by Crippen LogP contribution is 2.17. The second kappa shape index (κ2) is 5.17. The molecule has 0 saturated carbocycles. The van der Waals surface area contributed by atoms with Gasteiger partial charge in [0.15, 0.2) is 0 Å². The molecule has 0 unspecified atom stereocenters. The number of carbonyl (C=O) groups is 1. The lowest BCUT2D eigenvalue weighted by Crippen LogP contribution is -2.32. The van der Waals surface area contributed by atoms with E-state index >= 15 is 0 Å². The van der Waals surface area contributed by atoms with Crippen LogP contribution in [0.4, 0.5) is 5.69 Å². The minimum Gasteiger partial charge on any atom is -0.365 e. The van der Waals surface area contributed by atoms with Crippen molar-refractivity contribution in [3.05, 3.63) is 29.3 Å². The summed E-state index contributed by atoms with van der Waals surface area (Å²) < 4.78 is 0. The van der Waals surface area contributed by atoms with Gasteiger partial charge in [-0.05, 0) is 30.7 Å². The van der Waals surface area contributed by atoms with Gasteiger partial charge in [0.2, 0.25) is 5.91 Å². The molecule has 4 heteroatoms. The van der Waals surface area contributed by atoms with Gasteiger partial charge in [0.1, 0.15) is 0 Å². The van der Waals surface area contributed by atoms with Gasteiger partial charge in [0.25, 0.3) is 0 Å². The summed E-state index contributed by atoms with van der Waals surface area (Å²) in [7, 11) is 3.45. The first-order chi connectivity index (χ1) is 7.58. The number of anilines is 1. The number of nitrogens with zero attached hydrogens (tertiary/aromatic N) is 2. The lowest BCUT2D eigenvalue weighted by Gasteiger charge is -2.18. The van der Waals surface area contributed by atoms with E-state index in [2.05, 4.69) is 11.4 Å². The maximum Gasteiger partial charge on any atom is 0.239 e. The third-order valence-electron chi connectivity index (χ3n) is 2.43. The number of rotatable bonds is 3. The Balaban J connectivity index is 2.85. The van der Waals surface area contributed by atoms with Crippen LogP contribution in [0.1, 0.15) is 11.1 Å². The Labute approximate surface area is 95.5 Å². The molecule has 1 rings (SSSR count). The summed E-state index contributed by atoms with van der Waals surface area (Å²) in [6.45, 7) is 2.19. The standard InChI is InChI=1S/C12H15N3O/c1-9-6-11(5-4-10(9)7-13)15(3)8-12(16)14-2/h4-6H,8H2,1-3H3,(H,14,16). The van der Waals surface area contributed by atoms with Gasteiger partial charge in [-0.25, -0.2) is 0 Å². The molecule has 0 aromatic heterocycles. The largest absolute Gasteiger partial charge is 0.365 e. The van der Waals surface area contributed by atoms with Gasteiger partial charge in [-0.3, -0.25) is 4.79 Å². The number of likely N-dealkylation sites (N-methyl/N-ethyl adjacent to an activating group) is 2. The first kappa shape index (κ1) is 12.1. The van der Waals surface area contributed by atoms with Gasteiger partial charge < -0.3 is 10.2 Å². The van der Waals surface area contributed by atoms with Crippen LogP contribution in [0, 0.1) is 18.3 Å². The van der Waals surface area contributed by atoms with Crippen molar-refractivity contribution in [3.8, 4) is 6.07 Å². The quantitative estimate of drug-likeness (QED) is 0.823. The molecule has 0 fully saturated rings. The van der Waals surface area contributed by atoms with E-state index in [0.717, 1.165) is 11.3 Å². The van der Waals surface area contributed by atoms with Gasteiger partial charge in [-0.1, -0.05) is 0 Å². The van der Waals surface area contributed by atoms with Crippen LogP contribution in [0.5, 0.6) is 0 Å². The molecular formula is C12H15N3O. The van der Waals surface area contributed by atoms with Crippen molar-refractivity contribution in [2.45, 2.75) is 6.92 Å². The summed E-state index contributed by atoms with van der Waals surface area (Å²) in [6, 6.07) is 7.63. The second-order valence-electron chi connectivity index (χ2n) is 3.64. The van der Waals surface area contributed by atoms with E-state index < -0.39 is 0 Å². The Bertz CT molecular complexity index is 434. The van der Waals surface area contributed by atoms with Crippen molar-refractivity contribution in [1.29, 1.82) is 5.26 Å². The molecule has 0 aliphatic carbocycles. The molecule has 0 radical (unpaired) electrons. The molecule has 0 bridgehead atoms. The summed E-state index contributed by atoms with van der Waals surface area (Å²) in [5.74, 6) is -0.0375. The fraction of sp³-hybridized carbons (Fsp3) is 0.333. The number of amides is 1. The number of aryl methyl sites for hydroxylation is 1. The highest BCUT2D eigenvalue weighted by atomic mass is 16.1. The van der Waals surface area contributed by atoms with Crippen LogP contribution in [-0.2, 0) is 4.79 Å². The van der Waals surface area contributed by atoms with E-state index in [9.17, 15) is 4.79 Å². The van der Waals surface area contributed by atoms with E-state index in [0.29, 0.717) is 12.1 Å². The van der Waals surface area contributed by atoms with Crippen molar-refractivity contribution in [2.24, 2.45) is 0 Å². The molecule has 84 valence electrons. The van der Waals surface area contributed by atoms with Crippen molar-refractivity contribution in [3.63, 3.8) is 0 Å². The third kappa shape index (κ3) is 2.74.